The first kappa shape index (κ1) is 21.7. The van der Waals surface area contributed by atoms with E-state index in [4.69, 9.17) is 16.4 Å². The van der Waals surface area contributed by atoms with Gasteiger partial charge >= 0.3 is 0 Å². The Balaban J connectivity index is 1.68. The number of hydrogen-bond acceptors (Lipinski definition) is 7. The average molecular weight is 471 g/mol. The Hall–Kier alpha value is -3.50. The largest absolute Gasteiger partial charge is 0.396 e. The van der Waals surface area contributed by atoms with Gasteiger partial charge in [-0.15, -0.1) is 5.10 Å². The number of halogens is 1. The number of fused-ring (bicyclic) bond motifs is 1. The first-order chi connectivity index (χ1) is 15.4. The van der Waals surface area contributed by atoms with Crippen LogP contribution in [-0.2, 0) is 14.9 Å². The molecule has 11 heteroatoms. The lowest BCUT2D eigenvalue weighted by Gasteiger charge is -2.13. The number of rotatable bonds is 7. The first-order valence-electron chi connectivity index (χ1n) is 9.65. The van der Waals surface area contributed by atoms with E-state index in [1.165, 1.54) is 16.8 Å². The van der Waals surface area contributed by atoms with Crippen molar-refractivity contribution in [3.05, 3.63) is 71.4 Å². The van der Waals surface area contributed by atoms with Crippen molar-refractivity contribution in [2.75, 3.05) is 11.3 Å². The lowest BCUT2D eigenvalue weighted by Crippen LogP contribution is -2.15. The molecule has 2 heterocycles. The third-order valence-electron chi connectivity index (χ3n) is 4.57. The molecule has 0 unspecified atom stereocenters. The quantitative estimate of drug-likeness (QED) is 0.322. The van der Waals surface area contributed by atoms with Crippen LogP contribution in [0.25, 0.3) is 16.9 Å². The maximum Gasteiger partial charge on any atom is 0.261 e. The lowest BCUT2D eigenvalue weighted by molar-refractivity contribution is 0.159. The van der Waals surface area contributed by atoms with Gasteiger partial charge in [0.25, 0.3) is 10.0 Å². The summed E-state index contributed by atoms with van der Waals surface area (Å²) < 4.78 is 30.2. The van der Waals surface area contributed by atoms with E-state index in [0.29, 0.717) is 39.9 Å². The Morgan fingerprint density at radius 2 is 1.97 bits per heavy atom. The van der Waals surface area contributed by atoms with Crippen LogP contribution < -0.4 is 4.72 Å². The molecule has 0 radical (unpaired) electrons. The molecule has 4 rings (SSSR count). The fourth-order valence-electron chi connectivity index (χ4n) is 3.00. The minimum atomic E-state index is -3.89. The van der Waals surface area contributed by atoms with Gasteiger partial charge in [0.15, 0.2) is 0 Å². The molecule has 0 aliphatic carbocycles. The van der Waals surface area contributed by atoms with Gasteiger partial charge < -0.3 is 4.84 Å². The van der Waals surface area contributed by atoms with Crippen LogP contribution in [0.1, 0.15) is 19.4 Å². The van der Waals surface area contributed by atoms with Crippen LogP contribution in [0.2, 0.25) is 5.02 Å². The molecule has 164 valence electrons. The average Bonchev–Trinajstić information content (AvgIpc) is 3.22. The molecule has 0 saturated heterocycles. The number of nitrogens with one attached hydrogen (secondary N) is 1. The van der Waals surface area contributed by atoms with Crippen molar-refractivity contribution in [1.29, 1.82) is 0 Å². The SMILES string of the molecule is CCO/N=C(\C)c1ccc(S(=O)(=O)Nc2ccc(Cl)cc2-n2nnc3ncccc32)cc1. The second kappa shape index (κ2) is 8.93. The molecule has 0 fully saturated rings. The molecule has 0 amide bonds. The van der Waals surface area contributed by atoms with Crippen LogP contribution in [0.4, 0.5) is 5.69 Å². The number of sulfonamides is 1. The van der Waals surface area contributed by atoms with Crippen molar-refractivity contribution >= 4 is 44.2 Å². The van der Waals surface area contributed by atoms with Gasteiger partial charge in [-0.05, 0) is 61.9 Å². The summed E-state index contributed by atoms with van der Waals surface area (Å²) in [6.07, 6.45) is 1.60. The zero-order chi connectivity index (χ0) is 22.7. The van der Waals surface area contributed by atoms with E-state index in [0.717, 1.165) is 5.56 Å². The monoisotopic (exact) mass is 470 g/mol. The highest BCUT2D eigenvalue weighted by Crippen LogP contribution is 2.28. The van der Waals surface area contributed by atoms with Crippen LogP contribution in [0, 0.1) is 0 Å². The summed E-state index contributed by atoms with van der Waals surface area (Å²) in [6.45, 7) is 4.07. The van der Waals surface area contributed by atoms with Gasteiger partial charge in [-0.2, -0.15) is 0 Å². The summed E-state index contributed by atoms with van der Waals surface area (Å²) in [5, 5.41) is 12.5. The van der Waals surface area contributed by atoms with E-state index in [1.54, 1.807) is 55.6 Å². The number of benzene rings is 2. The van der Waals surface area contributed by atoms with E-state index in [2.05, 4.69) is 25.2 Å². The third-order valence-corrected chi connectivity index (χ3v) is 6.18. The predicted molar refractivity (Wildman–Crippen MR) is 123 cm³/mol. The maximum absolute atomic E-state index is 13.1. The zero-order valence-corrected chi connectivity index (χ0v) is 18.8. The molecule has 9 nitrogen and oxygen atoms in total. The van der Waals surface area contributed by atoms with Crippen LogP contribution in [0.3, 0.4) is 0 Å². The molecule has 4 aromatic rings. The smallest absolute Gasteiger partial charge is 0.261 e. The highest BCUT2D eigenvalue weighted by molar-refractivity contribution is 7.92. The van der Waals surface area contributed by atoms with Crippen molar-refractivity contribution < 1.29 is 13.3 Å². The first-order valence-corrected chi connectivity index (χ1v) is 11.5. The number of aromatic nitrogens is 4. The highest BCUT2D eigenvalue weighted by Gasteiger charge is 2.19. The molecular weight excluding hydrogens is 452 g/mol. The number of anilines is 1. The Kier molecular flexibility index (Phi) is 6.06. The minimum absolute atomic E-state index is 0.0940. The van der Waals surface area contributed by atoms with E-state index in [9.17, 15) is 8.42 Å². The summed E-state index contributed by atoms with van der Waals surface area (Å²) in [5.41, 5.74) is 3.17. The van der Waals surface area contributed by atoms with Gasteiger partial charge in [-0.1, -0.05) is 34.1 Å². The van der Waals surface area contributed by atoms with Gasteiger partial charge in [0.1, 0.15) is 12.1 Å². The van der Waals surface area contributed by atoms with Crippen LogP contribution in [0.15, 0.2) is 70.8 Å². The second-order valence-corrected chi connectivity index (χ2v) is 8.85. The van der Waals surface area contributed by atoms with Crippen molar-refractivity contribution in [2.24, 2.45) is 5.16 Å². The molecule has 2 aromatic heterocycles. The zero-order valence-electron chi connectivity index (χ0n) is 17.2. The van der Waals surface area contributed by atoms with Gasteiger partial charge in [0.05, 0.1) is 22.0 Å². The Bertz CT molecular complexity index is 1400. The molecule has 32 heavy (non-hydrogen) atoms. The summed E-state index contributed by atoms with van der Waals surface area (Å²) in [4.78, 5) is 9.30. The van der Waals surface area contributed by atoms with Gasteiger partial charge in [0.2, 0.25) is 5.65 Å². The standard InChI is InChI=1S/C21H19ClN6O3S/c1-3-31-25-14(2)15-6-9-17(10-7-15)32(29,30)26-18-11-8-16(22)13-20(18)28-19-5-4-12-23-21(19)24-27-28/h4-13,26H,3H2,1-2H3/b25-14+. The van der Waals surface area contributed by atoms with Gasteiger partial charge in [-0.25, -0.2) is 18.1 Å². The van der Waals surface area contributed by atoms with E-state index >= 15 is 0 Å². The summed E-state index contributed by atoms with van der Waals surface area (Å²) >= 11 is 6.18. The molecule has 0 bridgehead atoms. The minimum Gasteiger partial charge on any atom is -0.396 e. The fourth-order valence-corrected chi connectivity index (χ4v) is 4.24. The number of nitrogens with zero attached hydrogens (tertiary/aromatic N) is 5. The molecule has 2 aromatic carbocycles. The Labute approximate surface area is 189 Å². The van der Waals surface area contributed by atoms with E-state index in [1.807, 2.05) is 6.92 Å². The molecule has 0 saturated carbocycles. The number of oxime groups is 1. The normalized spacial score (nSPS) is 12.2. The van der Waals surface area contributed by atoms with Crippen LogP contribution in [-0.4, -0.2) is 40.7 Å². The Morgan fingerprint density at radius 3 is 2.72 bits per heavy atom. The topological polar surface area (TPSA) is 111 Å². The molecule has 0 atom stereocenters. The summed E-state index contributed by atoms with van der Waals surface area (Å²) in [6, 6.07) is 14.7. The van der Waals surface area contributed by atoms with Gasteiger partial charge in [0, 0.05) is 11.2 Å². The van der Waals surface area contributed by atoms with Crippen molar-refractivity contribution in [2.45, 2.75) is 18.7 Å². The molecule has 0 spiro atoms. The lowest BCUT2D eigenvalue weighted by atomic mass is 10.1. The van der Waals surface area contributed by atoms with Crippen molar-refractivity contribution in [3.63, 3.8) is 0 Å². The maximum atomic E-state index is 13.1. The molecular formula is C21H19ClN6O3S. The van der Waals surface area contributed by atoms with Gasteiger partial charge in [-0.3, -0.25) is 4.72 Å². The number of hydrogen-bond donors (Lipinski definition) is 1. The molecule has 1 N–H and O–H groups in total. The predicted octanol–water partition coefficient (Wildman–Crippen LogP) is 4.03. The third kappa shape index (κ3) is 4.41. The van der Waals surface area contributed by atoms with Crippen LogP contribution in [0.5, 0.6) is 0 Å². The van der Waals surface area contributed by atoms with E-state index in [-0.39, 0.29) is 4.90 Å². The van der Waals surface area contributed by atoms with Crippen molar-refractivity contribution in [3.8, 4) is 5.69 Å². The van der Waals surface area contributed by atoms with E-state index < -0.39 is 10.0 Å². The van der Waals surface area contributed by atoms with Crippen molar-refractivity contribution in [1.82, 2.24) is 20.0 Å². The number of pyridine rings is 1. The van der Waals surface area contributed by atoms with Crippen LogP contribution >= 0.6 is 11.6 Å². The summed E-state index contributed by atoms with van der Waals surface area (Å²) in [5.74, 6) is 0. The fraction of sp³-hybridized carbons (Fsp3) is 0.143. The highest BCUT2D eigenvalue weighted by atomic mass is 35.5. The summed E-state index contributed by atoms with van der Waals surface area (Å²) in [7, 11) is -3.89. The molecule has 0 aliphatic heterocycles. The second-order valence-electron chi connectivity index (χ2n) is 6.73. The molecule has 0 aliphatic rings. The Morgan fingerprint density at radius 1 is 1.19 bits per heavy atom.